The van der Waals surface area contributed by atoms with Gasteiger partial charge in [-0.2, -0.15) is 10.4 Å². The molecule has 1 amide bonds. The maximum atomic E-state index is 13.1. The highest BCUT2D eigenvalue weighted by Crippen LogP contribution is 2.42. The lowest BCUT2D eigenvalue weighted by Gasteiger charge is -2.29. The molecule has 1 saturated heterocycles. The van der Waals surface area contributed by atoms with E-state index in [0.29, 0.717) is 11.9 Å². The van der Waals surface area contributed by atoms with Gasteiger partial charge in [0.05, 0.1) is 12.1 Å². The van der Waals surface area contributed by atoms with Crippen molar-refractivity contribution >= 4 is 29.2 Å². The highest BCUT2D eigenvalue weighted by molar-refractivity contribution is 5.94. The smallest absolute Gasteiger partial charge is 0.323 e. The average Bonchev–Trinajstić information content (AvgIpc) is 3.55. The van der Waals surface area contributed by atoms with E-state index in [4.69, 9.17) is 19.9 Å². The van der Waals surface area contributed by atoms with E-state index in [1.54, 1.807) is 58.0 Å². The van der Waals surface area contributed by atoms with Gasteiger partial charge in [-0.25, -0.2) is 9.50 Å². The number of hydrogen-bond donors (Lipinski definition) is 3. The van der Waals surface area contributed by atoms with E-state index in [9.17, 15) is 24.8 Å². The molecule has 1 fully saturated rings. The molecule has 234 valence electrons. The summed E-state index contributed by atoms with van der Waals surface area (Å²) >= 11 is 0. The summed E-state index contributed by atoms with van der Waals surface area (Å²) in [6, 6.07) is 13.0. The molecule has 44 heavy (non-hydrogen) atoms. The first-order valence-electron chi connectivity index (χ1n) is 14.4. The van der Waals surface area contributed by atoms with E-state index in [-0.39, 0.29) is 29.8 Å². The lowest BCUT2D eigenvalue weighted by Crippen LogP contribution is -2.49. The second kappa shape index (κ2) is 13.1. The largest absolute Gasteiger partial charge is 0.463 e. The summed E-state index contributed by atoms with van der Waals surface area (Å²) in [5.41, 5.74) is 4.49. The van der Waals surface area contributed by atoms with Crippen LogP contribution >= 0.6 is 0 Å². The van der Waals surface area contributed by atoms with Crippen LogP contribution in [-0.4, -0.2) is 68.5 Å². The van der Waals surface area contributed by atoms with Crippen LogP contribution in [0.15, 0.2) is 48.8 Å². The number of carbonyl (C=O) groups excluding carboxylic acids is 3. The quantitative estimate of drug-likeness (QED) is 0.287. The molecule has 0 aliphatic carbocycles. The van der Waals surface area contributed by atoms with Crippen LogP contribution in [-0.2, 0) is 40.6 Å². The monoisotopic (exact) mass is 606 g/mol. The van der Waals surface area contributed by atoms with Gasteiger partial charge in [0.25, 0.3) is 0 Å². The van der Waals surface area contributed by atoms with Gasteiger partial charge in [-0.15, -0.1) is 0 Å². The Labute approximate surface area is 255 Å². The molecule has 1 aromatic carbocycles. The van der Waals surface area contributed by atoms with E-state index in [0.717, 1.165) is 5.56 Å². The Kier molecular flexibility index (Phi) is 9.68. The molecule has 4 N–H and O–H groups in total. The number of aliphatic hydroxyl groups excluding tert-OH is 1. The number of ether oxygens (including phenoxy) is 3. The van der Waals surface area contributed by atoms with Gasteiger partial charge in [-0.1, -0.05) is 65.0 Å². The number of nitrogens with one attached hydrogen (secondary N) is 1. The zero-order chi connectivity index (χ0) is 32.2. The first-order chi connectivity index (χ1) is 20.8. The van der Waals surface area contributed by atoms with Gasteiger partial charge >= 0.3 is 11.9 Å². The van der Waals surface area contributed by atoms with Crippen LogP contribution in [0.2, 0.25) is 0 Å². The highest BCUT2D eigenvalue weighted by Gasteiger charge is 2.60. The number of aromatic nitrogens is 3. The summed E-state index contributed by atoms with van der Waals surface area (Å²) in [6.45, 7) is 8.51. The number of nitrogens with two attached hydrogens (primary N) is 1. The van der Waals surface area contributed by atoms with Crippen molar-refractivity contribution < 1.29 is 33.7 Å². The Morgan fingerprint density at radius 2 is 1.93 bits per heavy atom. The van der Waals surface area contributed by atoms with Crippen LogP contribution in [0, 0.1) is 22.7 Å². The van der Waals surface area contributed by atoms with Crippen molar-refractivity contribution in [3.8, 4) is 6.07 Å². The van der Waals surface area contributed by atoms with Gasteiger partial charge in [0.1, 0.15) is 42.8 Å². The molecule has 4 rings (SSSR count). The van der Waals surface area contributed by atoms with Gasteiger partial charge in [0.2, 0.25) is 11.5 Å². The van der Waals surface area contributed by atoms with Crippen LogP contribution in [0.5, 0.6) is 0 Å². The van der Waals surface area contributed by atoms with Crippen LogP contribution in [0.3, 0.4) is 0 Å². The van der Waals surface area contributed by atoms with E-state index < -0.39 is 53.9 Å². The fourth-order valence-electron chi connectivity index (χ4n) is 4.73. The van der Waals surface area contributed by atoms with Gasteiger partial charge in [-0.3, -0.25) is 14.4 Å². The van der Waals surface area contributed by atoms with E-state index >= 15 is 0 Å². The van der Waals surface area contributed by atoms with Gasteiger partial charge in [0.15, 0.2) is 11.9 Å². The normalized spacial score (nSPS) is 23.0. The van der Waals surface area contributed by atoms with Crippen LogP contribution in [0.1, 0.15) is 52.3 Å². The summed E-state index contributed by atoms with van der Waals surface area (Å²) in [5, 5.41) is 29.1. The zero-order valence-electron chi connectivity index (χ0n) is 25.4. The maximum absolute atomic E-state index is 13.1. The lowest BCUT2D eigenvalue weighted by molar-refractivity contribution is -0.163. The van der Waals surface area contributed by atoms with Crippen molar-refractivity contribution in [3.05, 3.63) is 60.0 Å². The van der Waals surface area contributed by atoms with Crippen molar-refractivity contribution in [2.24, 2.45) is 17.1 Å². The Hall–Kier alpha value is -4.38. The second-order valence-corrected chi connectivity index (χ2v) is 12.0. The Bertz CT molecular complexity index is 1550. The summed E-state index contributed by atoms with van der Waals surface area (Å²) < 4.78 is 18.6. The molecule has 6 atom stereocenters. The molecule has 0 saturated carbocycles. The van der Waals surface area contributed by atoms with Crippen LogP contribution in [0.25, 0.3) is 5.52 Å². The first kappa shape index (κ1) is 32.5. The fourth-order valence-corrected chi connectivity index (χ4v) is 4.73. The summed E-state index contributed by atoms with van der Waals surface area (Å²) in [4.78, 5) is 42.5. The summed E-state index contributed by atoms with van der Waals surface area (Å²) in [7, 11) is 0. The highest BCUT2D eigenvalue weighted by atomic mass is 16.6. The number of aliphatic hydroxyl groups is 1. The second-order valence-electron chi connectivity index (χ2n) is 12.0. The Balaban J connectivity index is 1.67. The minimum atomic E-state index is -2.12. The fraction of sp³-hybridized carbons (Fsp3) is 0.484. The van der Waals surface area contributed by atoms with E-state index in [2.05, 4.69) is 15.4 Å². The number of fused-ring (bicyclic) bond motifs is 1. The van der Waals surface area contributed by atoms with Gasteiger partial charge in [0, 0.05) is 5.92 Å². The zero-order valence-corrected chi connectivity index (χ0v) is 25.4. The number of carbonyl (C=O) groups is 3. The molecule has 13 heteroatoms. The Morgan fingerprint density at radius 1 is 1.23 bits per heavy atom. The summed E-state index contributed by atoms with van der Waals surface area (Å²) in [5.74, 6) is -1.73. The van der Waals surface area contributed by atoms with Crippen molar-refractivity contribution in [3.63, 3.8) is 0 Å². The number of rotatable bonds is 10. The topological polar surface area (TPSA) is 191 Å². The standard InChI is InChI=1S/C31H38N6O7/c1-6-18(2)28(40)36-27-20-12-13-22(37(20)35-17-34-27)31(16-32)26(39)24(43-29(41)25(33)30(3,4)5)21(44-31)15-42-23(38)14-19-10-8-7-9-11-19/h7-13,17-18,21,24-26,39H,6,14-15,33H2,1-5H3,(H,34,35,36,40)/t18-,21+,24+,25-,26+,31-/m0/s1. The molecule has 0 unspecified atom stereocenters. The molecule has 0 bridgehead atoms. The van der Waals surface area contributed by atoms with Crippen molar-refractivity contribution in [1.29, 1.82) is 5.26 Å². The molecule has 3 heterocycles. The molecule has 3 aromatic rings. The van der Waals surface area contributed by atoms with Gasteiger partial charge in [-0.05, 0) is 29.5 Å². The molecule has 1 aliphatic heterocycles. The lowest BCUT2D eigenvalue weighted by atomic mass is 9.87. The minimum Gasteiger partial charge on any atom is -0.463 e. The van der Waals surface area contributed by atoms with Crippen molar-refractivity contribution in [2.75, 3.05) is 11.9 Å². The third-order valence-corrected chi connectivity index (χ3v) is 7.77. The van der Waals surface area contributed by atoms with Gasteiger partial charge < -0.3 is 30.4 Å². The number of hydrogen-bond acceptors (Lipinski definition) is 11. The molecule has 13 nitrogen and oxygen atoms in total. The SMILES string of the molecule is CC[C@H](C)C(=O)Nc1ncnn2c([C@]3(C#N)O[C@H](COC(=O)Cc4ccccc4)[C@@H](OC(=O)[C@H](N)C(C)(C)C)[C@H]3O)ccc12. The third-order valence-electron chi connectivity index (χ3n) is 7.77. The minimum absolute atomic E-state index is 0.0235. The number of nitrogens with zero attached hydrogens (tertiary/aromatic N) is 4. The molecule has 0 radical (unpaired) electrons. The van der Waals surface area contributed by atoms with Crippen molar-refractivity contribution in [1.82, 2.24) is 14.6 Å². The predicted molar refractivity (Wildman–Crippen MR) is 158 cm³/mol. The molecular formula is C31H38N6O7. The molecular weight excluding hydrogens is 568 g/mol. The van der Waals surface area contributed by atoms with E-state index in [1.807, 2.05) is 19.1 Å². The number of benzene rings is 1. The molecule has 2 aromatic heterocycles. The van der Waals surface area contributed by atoms with E-state index in [1.165, 1.54) is 16.9 Å². The van der Waals surface area contributed by atoms with Crippen LogP contribution < -0.4 is 11.1 Å². The molecule has 1 aliphatic rings. The van der Waals surface area contributed by atoms with Crippen LogP contribution in [0.4, 0.5) is 5.82 Å². The van der Waals surface area contributed by atoms with Crippen molar-refractivity contribution in [2.45, 2.75) is 77.4 Å². The summed E-state index contributed by atoms with van der Waals surface area (Å²) in [6.07, 6.45) is -2.63. The number of esters is 2. The third kappa shape index (κ3) is 6.57. The number of nitriles is 1. The average molecular weight is 607 g/mol. The molecule has 0 spiro atoms. The number of anilines is 1. The number of amides is 1. The Morgan fingerprint density at radius 3 is 2.57 bits per heavy atom. The maximum Gasteiger partial charge on any atom is 0.323 e. The first-order valence-corrected chi connectivity index (χ1v) is 14.4. The predicted octanol–water partition coefficient (Wildman–Crippen LogP) is 2.26.